The minimum absolute atomic E-state index is 0.000704. The number of carbonyl (C=O) groups is 1. The molecule has 0 atom stereocenters. The van der Waals surface area contributed by atoms with Crippen LogP contribution in [0.1, 0.15) is 11.1 Å². The van der Waals surface area contributed by atoms with Gasteiger partial charge in [-0.2, -0.15) is 0 Å². The number of ether oxygens (including phenoxy) is 3. The summed E-state index contributed by atoms with van der Waals surface area (Å²) >= 11 is 0. The maximum atomic E-state index is 12.5. The molecular formula is C18H21NO6. The van der Waals surface area contributed by atoms with Crippen molar-refractivity contribution >= 4 is 16.9 Å². The number of benzene rings is 1. The molecule has 7 heteroatoms. The van der Waals surface area contributed by atoms with E-state index in [1.54, 1.807) is 24.0 Å². The van der Waals surface area contributed by atoms with Gasteiger partial charge in [0.15, 0.2) is 0 Å². The number of rotatable bonds is 4. The quantitative estimate of drug-likeness (QED) is 0.781. The highest BCUT2D eigenvalue weighted by Gasteiger charge is 2.22. The Morgan fingerprint density at radius 1 is 1.20 bits per heavy atom. The molecule has 7 nitrogen and oxygen atoms in total. The lowest BCUT2D eigenvalue weighted by atomic mass is 10.0. The van der Waals surface area contributed by atoms with E-state index in [9.17, 15) is 9.59 Å². The van der Waals surface area contributed by atoms with Crippen LogP contribution in [0.5, 0.6) is 11.5 Å². The van der Waals surface area contributed by atoms with Crippen LogP contribution >= 0.6 is 0 Å². The first-order chi connectivity index (χ1) is 12.0. The molecule has 0 bridgehead atoms. The zero-order valence-electron chi connectivity index (χ0n) is 14.6. The summed E-state index contributed by atoms with van der Waals surface area (Å²) in [5.41, 5.74) is 0.906. The predicted octanol–water partition coefficient (Wildman–Crippen LogP) is 1.52. The Morgan fingerprint density at radius 2 is 1.92 bits per heavy atom. The van der Waals surface area contributed by atoms with Gasteiger partial charge in [0.1, 0.15) is 17.1 Å². The van der Waals surface area contributed by atoms with Gasteiger partial charge in [-0.3, -0.25) is 4.79 Å². The Morgan fingerprint density at radius 3 is 2.56 bits per heavy atom. The van der Waals surface area contributed by atoms with Crippen molar-refractivity contribution in [2.75, 3.05) is 40.5 Å². The summed E-state index contributed by atoms with van der Waals surface area (Å²) in [5, 5.41) is 0.674. The third kappa shape index (κ3) is 3.32. The molecule has 1 aromatic carbocycles. The topological polar surface area (TPSA) is 78.2 Å². The molecule has 1 aromatic heterocycles. The monoisotopic (exact) mass is 347 g/mol. The second-order valence-electron chi connectivity index (χ2n) is 5.87. The zero-order valence-corrected chi connectivity index (χ0v) is 14.6. The Hall–Kier alpha value is -2.54. The first kappa shape index (κ1) is 17.3. The van der Waals surface area contributed by atoms with Crippen molar-refractivity contribution < 1.29 is 23.4 Å². The molecular weight excluding hydrogens is 326 g/mol. The van der Waals surface area contributed by atoms with Gasteiger partial charge >= 0.3 is 5.63 Å². The average molecular weight is 347 g/mol. The molecule has 134 valence electrons. The summed E-state index contributed by atoms with van der Waals surface area (Å²) in [7, 11) is 3.07. The van der Waals surface area contributed by atoms with E-state index < -0.39 is 5.63 Å². The Kier molecular flexibility index (Phi) is 4.94. The Balaban J connectivity index is 2.03. The van der Waals surface area contributed by atoms with Crippen molar-refractivity contribution in [2.24, 2.45) is 0 Å². The molecule has 0 N–H and O–H groups in total. The molecule has 0 radical (unpaired) electrons. The van der Waals surface area contributed by atoms with Gasteiger partial charge in [0.2, 0.25) is 5.91 Å². The Bertz CT molecular complexity index is 851. The summed E-state index contributed by atoms with van der Waals surface area (Å²) in [6.07, 6.45) is -0.000704. The van der Waals surface area contributed by atoms with Crippen LogP contribution in [0.25, 0.3) is 11.0 Å². The lowest BCUT2D eigenvalue weighted by Crippen LogP contribution is -2.42. The number of hydrogen-bond acceptors (Lipinski definition) is 6. The van der Waals surface area contributed by atoms with Crippen molar-refractivity contribution in [1.82, 2.24) is 4.90 Å². The van der Waals surface area contributed by atoms with Crippen molar-refractivity contribution in [3.63, 3.8) is 0 Å². The van der Waals surface area contributed by atoms with Gasteiger partial charge in [-0.05, 0) is 12.5 Å². The molecule has 1 aliphatic heterocycles. The van der Waals surface area contributed by atoms with E-state index >= 15 is 0 Å². The minimum atomic E-state index is -0.512. The molecule has 1 fully saturated rings. The molecule has 0 unspecified atom stereocenters. The first-order valence-electron chi connectivity index (χ1n) is 8.09. The summed E-state index contributed by atoms with van der Waals surface area (Å²) in [6.45, 7) is 3.92. The number of hydrogen-bond donors (Lipinski definition) is 0. The highest BCUT2D eigenvalue weighted by molar-refractivity contribution is 5.90. The summed E-state index contributed by atoms with van der Waals surface area (Å²) in [5.74, 6) is 0.963. The van der Waals surface area contributed by atoms with Crippen LogP contribution in [0.2, 0.25) is 0 Å². The molecule has 2 aromatic rings. The van der Waals surface area contributed by atoms with Crippen molar-refractivity contribution in [3.05, 3.63) is 33.7 Å². The molecule has 3 rings (SSSR count). The number of fused-ring (bicyclic) bond motifs is 1. The predicted molar refractivity (Wildman–Crippen MR) is 91.4 cm³/mol. The summed E-state index contributed by atoms with van der Waals surface area (Å²) < 4.78 is 21.3. The normalized spacial score (nSPS) is 14.6. The van der Waals surface area contributed by atoms with Crippen LogP contribution in [-0.4, -0.2) is 51.3 Å². The number of methoxy groups -OCH3 is 2. The van der Waals surface area contributed by atoms with Gasteiger partial charge in [-0.15, -0.1) is 0 Å². The fraction of sp³-hybridized carbons (Fsp3) is 0.444. The van der Waals surface area contributed by atoms with Gasteiger partial charge < -0.3 is 23.5 Å². The van der Waals surface area contributed by atoms with E-state index in [0.29, 0.717) is 59.9 Å². The van der Waals surface area contributed by atoms with Gasteiger partial charge in [0.05, 0.1) is 44.8 Å². The van der Waals surface area contributed by atoms with E-state index in [0.717, 1.165) is 0 Å². The maximum Gasteiger partial charge on any atom is 0.340 e. The van der Waals surface area contributed by atoms with Gasteiger partial charge in [-0.25, -0.2) is 4.79 Å². The second-order valence-corrected chi connectivity index (χ2v) is 5.87. The van der Waals surface area contributed by atoms with Crippen LogP contribution in [-0.2, 0) is 16.0 Å². The first-order valence-corrected chi connectivity index (χ1v) is 8.09. The smallest absolute Gasteiger partial charge is 0.340 e. The van der Waals surface area contributed by atoms with Gasteiger partial charge in [0.25, 0.3) is 0 Å². The van der Waals surface area contributed by atoms with Crippen LogP contribution in [0.3, 0.4) is 0 Å². The SMILES string of the molecule is COc1cc(OC)c2c(C)c(CC(=O)N3CCOCC3)c(=O)oc2c1. The van der Waals surface area contributed by atoms with E-state index in [4.69, 9.17) is 18.6 Å². The van der Waals surface area contributed by atoms with E-state index in [2.05, 4.69) is 0 Å². The fourth-order valence-electron chi connectivity index (χ4n) is 3.04. The van der Waals surface area contributed by atoms with Crippen LogP contribution in [0.4, 0.5) is 0 Å². The average Bonchev–Trinajstić information content (AvgIpc) is 2.64. The molecule has 0 spiro atoms. The van der Waals surface area contributed by atoms with Crippen LogP contribution in [0.15, 0.2) is 21.3 Å². The molecule has 0 saturated carbocycles. The molecule has 25 heavy (non-hydrogen) atoms. The maximum absolute atomic E-state index is 12.5. The van der Waals surface area contributed by atoms with E-state index in [1.165, 1.54) is 14.2 Å². The highest BCUT2D eigenvalue weighted by atomic mass is 16.5. The summed E-state index contributed by atoms with van der Waals surface area (Å²) in [6, 6.07) is 3.36. The van der Waals surface area contributed by atoms with E-state index in [-0.39, 0.29) is 12.3 Å². The zero-order chi connectivity index (χ0) is 18.0. The fourth-order valence-corrected chi connectivity index (χ4v) is 3.04. The standard InChI is InChI=1S/C18H21NO6/c1-11-13(10-16(20)19-4-6-24-7-5-19)18(21)25-15-9-12(22-2)8-14(23-3)17(11)15/h8-9H,4-7,10H2,1-3H3. The minimum Gasteiger partial charge on any atom is -0.496 e. The van der Waals surface area contributed by atoms with Crippen molar-refractivity contribution in [1.29, 1.82) is 0 Å². The van der Waals surface area contributed by atoms with Crippen LogP contribution < -0.4 is 15.1 Å². The number of nitrogens with zero attached hydrogens (tertiary/aromatic N) is 1. The highest BCUT2D eigenvalue weighted by Crippen LogP contribution is 2.33. The molecule has 1 amide bonds. The molecule has 1 saturated heterocycles. The second kappa shape index (κ2) is 7.14. The van der Waals surface area contributed by atoms with Gasteiger partial charge in [0, 0.05) is 25.2 Å². The number of aryl methyl sites for hydroxylation is 1. The molecule has 2 heterocycles. The van der Waals surface area contributed by atoms with Gasteiger partial charge in [-0.1, -0.05) is 0 Å². The molecule has 0 aliphatic carbocycles. The lowest BCUT2D eigenvalue weighted by Gasteiger charge is -2.27. The van der Waals surface area contributed by atoms with E-state index in [1.807, 2.05) is 0 Å². The third-order valence-electron chi connectivity index (χ3n) is 4.46. The number of morpholine rings is 1. The third-order valence-corrected chi connectivity index (χ3v) is 4.46. The number of carbonyl (C=O) groups excluding carboxylic acids is 1. The van der Waals surface area contributed by atoms with Crippen molar-refractivity contribution in [2.45, 2.75) is 13.3 Å². The van der Waals surface area contributed by atoms with Crippen LogP contribution in [0, 0.1) is 6.92 Å². The largest absolute Gasteiger partial charge is 0.496 e. The number of amides is 1. The van der Waals surface area contributed by atoms with Crippen molar-refractivity contribution in [3.8, 4) is 11.5 Å². The summed E-state index contributed by atoms with van der Waals surface area (Å²) in [4.78, 5) is 26.6. The molecule has 1 aliphatic rings. The lowest BCUT2D eigenvalue weighted by molar-refractivity contribution is -0.134. The Labute approximate surface area is 145 Å².